The molecular weight excluding hydrogens is 250 g/mol. The third-order valence-corrected chi connectivity index (χ3v) is 2.57. The Labute approximate surface area is 111 Å². The van der Waals surface area contributed by atoms with Crippen LogP contribution < -0.4 is 5.32 Å². The van der Waals surface area contributed by atoms with Gasteiger partial charge in [-0.25, -0.2) is 0 Å². The number of thiol groups is 1. The van der Waals surface area contributed by atoms with Crippen LogP contribution in [0, 0.1) is 0 Å². The first-order valence-electron chi connectivity index (χ1n) is 5.50. The van der Waals surface area contributed by atoms with E-state index in [0.717, 1.165) is 5.56 Å². The Bertz CT molecular complexity index is 443. The first kappa shape index (κ1) is 14.3. The molecule has 1 rings (SSSR count). The van der Waals surface area contributed by atoms with E-state index in [9.17, 15) is 9.59 Å². The van der Waals surface area contributed by atoms with Crippen LogP contribution in [0.1, 0.15) is 12.0 Å². The Morgan fingerprint density at radius 2 is 1.94 bits per heavy atom. The third kappa shape index (κ3) is 5.05. The highest BCUT2D eigenvalue weighted by Crippen LogP contribution is 2.08. The molecule has 0 bridgehead atoms. The van der Waals surface area contributed by atoms with Crippen molar-refractivity contribution < 1.29 is 14.7 Å². The van der Waals surface area contributed by atoms with Gasteiger partial charge in [0.1, 0.15) is 0 Å². The predicted octanol–water partition coefficient (Wildman–Crippen LogP) is 1.59. The number of amides is 1. The molecule has 1 aromatic carbocycles. The summed E-state index contributed by atoms with van der Waals surface area (Å²) in [6.07, 6.45) is 1.65. The minimum absolute atomic E-state index is 0.0864. The van der Waals surface area contributed by atoms with Crippen LogP contribution in [0.2, 0.25) is 0 Å². The standard InChI is InChI=1S/C13H15NO3S/c15-12(16)6-7-14-13(17)11(9-18)8-10-4-2-1-3-5-10/h1-5,8,18H,6-7,9H2,(H,14,17)(H,15,16)/b11-8+. The Kier molecular flexibility index (Phi) is 6.00. The van der Waals surface area contributed by atoms with Crippen LogP contribution in [0.4, 0.5) is 0 Å². The lowest BCUT2D eigenvalue weighted by atomic mass is 10.1. The number of carboxylic acids is 1. The molecule has 0 heterocycles. The summed E-state index contributed by atoms with van der Waals surface area (Å²) < 4.78 is 0. The SMILES string of the molecule is O=C(O)CCNC(=O)/C(=C/c1ccccc1)CS. The van der Waals surface area contributed by atoms with Gasteiger partial charge < -0.3 is 10.4 Å². The summed E-state index contributed by atoms with van der Waals surface area (Å²) in [6, 6.07) is 9.42. The highest BCUT2D eigenvalue weighted by Gasteiger charge is 2.08. The van der Waals surface area contributed by atoms with Gasteiger partial charge in [0.05, 0.1) is 6.42 Å². The van der Waals surface area contributed by atoms with Crippen molar-refractivity contribution in [3.63, 3.8) is 0 Å². The van der Waals surface area contributed by atoms with Crippen molar-refractivity contribution in [3.8, 4) is 0 Å². The molecule has 0 fully saturated rings. The van der Waals surface area contributed by atoms with E-state index in [1.54, 1.807) is 6.08 Å². The van der Waals surface area contributed by atoms with Gasteiger partial charge in [-0.05, 0) is 11.6 Å². The zero-order chi connectivity index (χ0) is 13.4. The number of rotatable bonds is 6. The van der Waals surface area contributed by atoms with E-state index in [2.05, 4.69) is 17.9 Å². The molecule has 1 aromatic rings. The van der Waals surface area contributed by atoms with Crippen LogP contribution in [-0.2, 0) is 9.59 Å². The number of hydrogen-bond donors (Lipinski definition) is 3. The molecule has 0 saturated heterocycles. The molecule has 0 unspecified atom stereocenters. The van der Waals surface area contributed by atoms with Crippen LogP contribution in [0.5, 0.6) is 0 Å². The van der Waals surface area contributed by atoms with E-state index >= 15 is 0 Å². The van der Waals surface area contributed by atoms with Gasteiger partial charge in [-0.1, -0.05) is 30.3 Å². The zero-order valence-electron chi connectivity index (χ0n) is 9.80. The summed E-state index contributed by atoms with van der Waals surface area (Å²) in [5.41, 5.74) is 1.42. The molecule has 0 aliphatic heterocycles. The van der Waals surface area contributed by atoms with Crippen LogP contribution >= 0.6 is 12.6 Å². The topological polar surface area (TPSA) is 66.4 Å². The van der Waals surface area contributed by atoms with Gasteiger partial charge in [-0.2, -0.15) is 12.6 Å². The molecule has 0 aliphatic carbocycles. The van der Waals surface area contributed by atoms with Gasteiger partial charge in [0.15, 0.2) is 0 Å². The van der Waals surface area contributed by atoms with Crippen molar-refractivity contribution in [3.05, 3.63) is 41.5 Å². The van der Waals surface area contributed by atoms with E-state index < -0.39 is 5.97 Å². The summed E-state index contributed by atoms with van der Waals surface area (Å²) in [5, 5.41) is 11.0. The minimum Gasteiger partial charge on any atom is -0.481 e. The predicted molar refractivity (Wildman–Crippen MR) is 73.5 cm³/mol. The van der Waals surface area contributed by atoms with Crippen LogP contribution in [0.3, 0.4) is 0 Å². The lowest BCUT2D eigenvalue weighted by molar-refractivity contribution is -0.136. The fraction of sp³-hybridized carbons (Fsp3) is 0.231. The summed E-state index contributed by atoms with van der Waals surface area (Å²) in [5.74, 6) is -0.918. The van der Waals surface area contributed by atoms with E-state index in [4.69, 9.17) is 5.11 Å². The molecule has 0 spiro atoms. The largest absolute Gasteiger partial charge is 0.481 e. The Balaban J connectivity index is 2.63. The number of aliphatic carboxylic acids is 1. The third-order valence-electron chi connectivity index (χ3n) is 2.23. The maximum absolute atomic E-state index is 11.7. The molecule has 1 amide bonds. The lowest BCUT2D eigenvalue weighted by Gasteiger charge is -2.05. The summed E-state index contributed by atoms with van der Waals surface area (Å²) in [6.45, 7) is 0.119. The van der Waals surface area contributed by atoms with Gasteiger partial charge in [0, 0.05) is 17.9 Å². The van der Waals surface area contributed by atoms with Crippen molar-refractivity contribution in [1.82, 2.24) is 5.32 Å². The number of benzene rings is 1. The zero-order valence-corrected chi connectivity index (χ0v) is 10.7. The second-order valence-corrected chi connectivity index (χ2v) is 3.95. The van der Waals surface area contributed by atoms with Gasteiger partial charge in [0.2, 0.25) is 5.91 Å². The summed E-state index contributed by atoms with van der Waals surface area (Å²) in [4.78, 5) is 22.1. The molecule has 5 heteroatoms. The van der Waals surface area contributed by atoms with E-state index in [0.29, 0.717) is 11.3 Å². The quantitative estimate of drug-likeness (QED) is 0.540. The molecule has 0 aliphatic rings. The molecule has 0 aromatic heterocycles. The van der Waals surface area contributed by atoms with Crippen molar-refractivity contribution in [1.29, 1.82) is 0 Å². The first-order chi connectivity index (χ1) is 8.63. The fourth-order valence-electron chi connectivity index (χ4n) is 1.33. The molecule has 0 saturated carbocycles. The van der Waals surface area contributed by atoms with Crippen molar-refractivity contribution in [2.75, 3.05) is 12.3 Å². The maximum Gasteiger partial charge on any atom is 0.305 e. The van der Waals surface area contributed by atoms with E-state index in [1.165, 1.54) is 0 Å². The minimum atomic E-state index is -0.935. The molecule has 2 N–H and O–H groups in total. The highest BCUT2D eigenvalue weighted by atomic mass is 32.1. The molecule has 0 atom stereocenters. The van der Waals surface area contributed by atoms with Crippen molar-refractivity contribution in [2.24, 2.45) is 0 Å². The molecule has 0 radical (unpaired) electrons. The van der Waals surface area contributed by atoms with Crippen LogP contribution in [0.15, 0.2) is 35.9 Å². The average molecular weight is 265 g/mol. The monoisotopic (exact) mass is 265 g/mol. The van der Waals surface area contributed by atoms with Crippen LogP contribution in [0.25, 0.3) is 6.08 Å². The molecular formula is C13H15NO3S. The lowest BCUT2D eigenvalue weighted by Crippen LogP contribution is -2.27. The molecule has 4 nitrogen and oxygen atoms in total. The number of nitrogens with one attached hydrogen (secondary N) is 1. The van der Waals surface area contributed by atoms with Crippen molar-refractivity contribution in [2.45, 2.75) is 6.42 Å². The summed E-state index contributed by atoms with van der Waals surface area (Å²) >= 11 is 4.10. The Morgan fingerprint density at radius 3 is 2.50 bits per heavy atom. The Morgan fingerprint density at radius 1 is 1.28 bits per heavy atom. The Hall–Kier alpha value is -1.75. The highest BCUT2D eigenvalue weighted by molar-refractivity contribution is 7.80. The fourth-order valence-corrected chi connectivity index (χ4v) is 1.56. The smallest absolute Gasteiger partial charge is 0.305 e. The number of carbonyl (C=O) groups is 2. The normalized spacial score (nSPS) is 11.1. The first-order valence-corrected chi connectivity index (χ1v) is 6.13. The van der Waals surface area contributed by atoms with Gasteiger partial charge in [-0.3, -0.25) is 9.59 Å². The van der Waals surface area contributed by atoms with Crippen LogP contribution in [-0.4, -0.2) is 29.3 Å². The average Bonchev–Trinajstić information content (AvgIpc) is 2.36. The maximum atomic E-state index is 11.7. The second kappa shape index (κ2) is 7.55. The van der Waals surface area contributed by atoms with Crippen molar-refractivity contribution >= 4 is 30.6 Å². The van der Waals surface area contributed by atoms with E-state index in [-0.39, 0.29) is 18.9 Å². The number of hydrogen-bond acceptors (Lipinski definition) is 3. The molecule has 18 heavy (non-hydrogen) atoms. The number of carboxylic acid groups (broad SMARTS) is 1. The van der Waals surface area contributed by atoms with E-state index in [1.807, 2.05) is 30.3 Å². The molecule has 96 valence electrons. The van der Waals surface area contributed by atoms with Gasteiger partial charge in [0.25, 0.3) is 0 Å². The number of carbonyl (C=O) groups excluding carboxylic acids is 1. The van der Waals surface area contributed by atoms with Gasteiger partial charge in [-0.15, -0.1) is 0 Å². The summed E-state index contributed by atoms with van der Waals surface area (Å²) in [7, 11) is 0. The van der Waals surface area contributed by atoms with Gasteiger partial charge >= 0.3 is 5.97 Å². The second-order valence-electron chi connectivity index (χ2n) is 3.64.